The van der Waals surface area contributed by atoms with Crippen LogP contribution < -0.4 is 16.0 Å². The monoisotopic (exact) mass is 348 g/mol. The first-order valence-electron chi connectivity index (χ1n) is 8.34. The molecule has 0 unspecified atom stereocenters. The lowest BCUT2D eigenvalue weighted by atomic mass is 10.1. The van der Waals surface area contributed by atoms with Crippen LogP contribution in [0.4, 0.5) is 10.5 Å². The van der Waals surface area contributed by atoms with Gasteiger partial charge in [-0.3, -0.25) is 14.5 Å². The van der Waals surface area contributed by atoms with Crippen LogP contribution in [-0.4, -0.2) is 60.1 Å². The fourth-order valence-corrected chi connectivity index (χ4v) is 2.46. The van der Waals surface area contributed by atoms with E-state index in [1.54, 1.807) is 24.3 Å². The Morgan fingerprint density at radius 1 is 1.32 bits per heavy atom. The summed E-state index contributed by atoms with van der Waals surface area (Å²) in [4.78, 5) is 36.4. The molecule has 0 spiro atoms. The Labute approximate surface area is 146 Å². The lowest BCUT2D eigenvalue weighted by Gasteiger charge is -2.14. The molecule has 8 nitrogen and oxygen atoms in total. The Morgan fingerprint density at radius 3 is 2.60 bits per heavy atom. The normalized spacial score (nSPS) is 14.8. The summed E-state index contributed by atoms with van der Waals surface area (Å²) >= 11 is 0. The third-order valence-corrected chi connectivity index (χ3v) is 4.00. The van der Waals surface area contributed by atoms with Gasteiger partial charge in [-0.15, -0.1) is 0 Å². The van der Waals surface area contributed by atoms with Gasteiger partial charge in [0, 0.05) is 18.8 Å². The predicted molar refractivity (Wildman–Crippen MR) is 93.1 cm³/mol. The molecule has 1 aromatic rings. The first kappa shape index (κ1) is 18.7. The lowest BCUT2D eigenvalue weighted by Crippen LogP contribution is -2.38. The van der Waals surface area contributed by atoms with E-state index < -0.39 is 0 Å². The predicted octanol–water partition coefficient (Wildman–Crippen LogP) is 0.0799. The molecule has 136 valence electrons. The van der Waals surface area contributed by atoms with Gasteiger partial charge in [0.2, 0.25) is 11.8 Å². The van der Waals surface area contributed by atoms with E-state index in [0.717, 1.165) is 11.3 Å². The van der Waals surface area contributed by atoms with Gasteiger partial charge in [-0.1, -0.05) is 19.1 Å². The zero-order chi connectivity index (χ0) is 18.2. The summed E-state index contributed by atoms with van der Waals surface area (Å²) in [5.41, 5.74) is 1.57. The Bertz CT molecular complexity index is 614. The van der Waals surface area contributed by atoms with Crippen LogP contribution in [0.5, 0.6) is 0 Å². The van der Waals surface area contributed by atoms with Crippen molar-refractivity contribution in [2.75, 3.05) is 31.6 Å². The molecule has 4 N–H and O–H groups in total. The standard InChI is InChI=1S/C17H24N4O4/c1-2-13(11-22)20-15(23)9-12-3-5-14(6-4-12)19-10-16(24)21-8-7-18-17(21)25/h3-6,13,19,22H,2,7-11H2,1H3,(H,18,25)(H,20,23)/t13-/m1/s1. The largest absolute Gasteiger partial charge is 0.394 e. The highest BCUT2D eigenvalue weighted by molar-refractivity contribution is 5.97. The minimum atomic E-state index is -0.360. The van der Waals surface area contributed by atoms with E-state index >= 15 is 0 Å². The quantitative estimate of drug-likeness (QED) is 0.532. The fraction of sp³-hybridized carbons (Fsp3) is 0.471. The molecule has 0 saturated carbocycles. The van der Waals surface area contributed by atoms with Gasteiger partial charge in [0.1, 0.15) is 0 Å². The first-order valence-corrected chi connectivity index (χ1v) is 8.34. The van der Waals surface area contributed by atoms with Crippen molar-refractivity contribution in [3.8, 4) is 0 Å². The van der Waals surface area contributed by atoms with Crippen molar-refractivity contribution in [1.29, 1.82) is 0 Å². The number of carbonyl (C=O) groups excluding carboxylic acids is 3. The topological polar surface area (TPSA) is 111 Å². The maximum Gasteiger partial charge on any atom is 0.324 e. The number of aliphatic hydroxyl groups excluding tert-OH is 1. The van der Waals surface area contributed by atoms with Gasteiger partial charge in [-0.05, 0) is 24.1 Å². The average Bonchev–Trinajstić information content (AvgIpc) is 3.05. The number of aliphatic hydroxyl groups is 1. The number of benzene rings is 1. The van der Waals surface area contributed by atoms with Crippen molar-refractivity contribution >= 4 is 23.5 Å². The third-order valence-electron chi connectivity index (χ3n) is 4.00. The molecule has 0 aliphatic carbocycles. The van der Waals surface area contributed by atoms with E-state index in [-0.39, 0.29) is 43.5 Å². The smallest absolute Gasteiger partial charge is 0.324 e. The zero-order valence-corrected chi connectivity index (χ0v) is 14.2. The number of carbonyl (C=O) groups is 3. The van der Waals surface area contributed by atoms with E-state index in [1.165, 1.54) is 4.90 Å². The molecule has 1 fully saturated rings. The van der Waals surface area contributed by atoms with Crippen molar-refractivity contribution in [2.24, 2.45) is 0 Å². The van der Waals surface area contributed by atoms with Crippen LogP contribution in [0.3, 0.4) is 0 Å². The van der Waals surface area contributed by atoms with E-state index in [9.17, 15) is 14.4 Å². The summed E-state index contributed by atoms with van der Waals surface area (Å²) in [5, 5.41) is 17.4. The molecule has 4 amide bonds. The molecule has 1 aromatic carbocycles. The van der Waals surface area contributed by atoms with Crippen LogP contribution in [0.25, 0.3) is 0 Å². The minimum absolute atomic E-state index is 0.0297. The summed E-state index contributed by atoms with van der Waals surface area (Å²) < 4.78 is 0. The Balaban J connectivity index is 1.80. The van der Waals surface area contributed by atoms with E-state index in [2.05, 4.69) is 16.0 Å². The number of hydrogen-bond donors (Lipinski definition) is 4. The minimum Gasteiger partial charge on any atom is -0.394 e. The van der Waals surface area contributed by atoms with E-state index in [1.807, 2.05) is 6.92 Å². The van der Waals surface area contributed by atoms with Crippen molar-refractivity contribution in [3.63, 3.8) is 0 Å². The summed E-state index contributed by atoms with van der Waals surface area (Å²) in [6.45, 7) is 2.72. The highest BCUT2D eigenvalue weighted by Gasteiger charge is 2.25. The van der Waals surface area contributed by atoms with Gasteiger partial charge in [-0.2, -0.15) is 0 Å². The van der Waals surface area contributed by atoms with Gasteiger partial charge in [0.05, 0.1) is 25.6 Å². The van der Waals surface area contributed by atoms with Crippen molar-refractivity contribution in [2.45, 2.75) is 25.8 Å². The molecule has 0 radical (unpaired) electrons. The molecular formula is C17H24N4O4. The molecule has 1 heterocycles. The Morgan fingerprint density at radius 2 is 2.04 bits per heavy atom. The Kier molecular flexibility index (Phi) is 6.76. The van der Waals surface area contributed by atoms with Crippen molar-refractivity contribution < 1.29 is 19.5 Å². The number of anilines is 1. The molecular weight excluding hydrogens is 324 g/mol. The third kappa shape index (κ3) is 5.46. The van der Waals surface area contributed by atoms with Crippen LogP contribution in [0.15, 0.2) is 24.3 Å². The molecule has 1 aliphatic rings. The van der Waals surface area contributed by atoms with Crippen LogP contribution in [0, 0.1) is 0 Å². The van der Waals surface area contributed by atoms with Crippen LogP contribution in [-0.2, 0) is 16.0 Å². The molecule has 1 saturated heterocycles. The highest BCUT2D eigenvalue weighted by Crippen LogP contribution is 2.10. The number of imide groups is 1. The maximum absolute atomic E-state index is 11.9. The fourth-order valence-electron chi connectivity index (χ4n) is 2.46. The highest BCUT2D eigenvalue weighted by atomic mass is 16.3. The lowest BCUT2D eigenvalue weighted by molar-refractivity contribution is -0.125. The van der Waals surface area contributed by atoms with Gasteiger partial charge in [0.25, 0.3) is 0 Å². The van der Waals surface area contributed by atoms with E-state index in [4.69, 9.17) is 5.11 Å². The second kappa shape index (κ2) is 9.03. The number of nitrogens with one attached hydrogen (secondary N) is 3. The van der Waals surface area contributed by atoms with Crippen LogP contribution in [0.1, 0.15) is 18.9 Å². The average molecular weight is 348 g/mol. The SMILES string of the molecule is CC[C@H](CO)NC(=O)Cc1ccc(NCC(=O)N2CCNC2=O)cc1. The first-order chi connectivity index (χ1) is 12.0. The van der Waals surface area contributed by atoms with Gasteiger partial charge in [-0.25, -0.2) is 4.79 Å². The molecule has 1 atom stereocenters. The van der Waals surface area contributed by atoms with Gasteiger partial charge in [0.15, 0.2) is 0 Å². The number of rotatable bonds is 8. The second-order valence-corrected chi connectivity index (χ2v) is 5.86. The maximum atomic E-state index is 11.9. The summed E-state index contributed by atoms with van der Waals surface area (Å²) in [6, 6.07) is 6.58. The molecule has 2 rings (SSSR count). The van der Waals surface area contributed by atoms with Gasteiger partial charge >= 0.3 is 6.03 Å². The van der Waals surface area contributed by atoms with Gasteiger partial charge < -0.3 is 21.1 Å². The number of amides is 4. The molecule has 8 heteroatoms. The van der Waals surface area contributed by atoms with Crippen molar-refractivity contribution in [1.82, 2.24) is 15.5 Å². The summed E-state index contributed by atoms with van der Waals surface area (Å²) in [6.07, 6.45) is 0.901. The number of urea groups is 1. The zero-order valence-electron chi connectivity index (χ0n) is 14.2. The van der Waals surface area contributed by atoms with E-state index in [0.29, 0.717) is 19.5 Å². The molecule has 0 bridgehead atoms. The van der Waals surface area contributed by atoms with Crippen LogP contribution >= 0.6 is 0 Å². The molecule has 1 aliphatic heterocycles. The summed E-state index contributed by atoms with van der Waals surface area (Å²) in [7, 11) is 0. The molecule has 25 heavy (non-hydrogen) atoms. The number of hydrogen-bond acceptors (Lipinski definition) is 5. The molecule has 0 aromatic heterocycles. The number of nitrogens with zero attached hydrogens (tertiary/aromatic N) is 1. The Hall–Kier alpha value is -2.61. The second-order valence-electron chi connectivity index (χ2n) is 5.86. The van der Waals surface area contributed by atoms with Crippen LogP contribution in [0.2, 0.25) is 0 Å². The van der Waals surface area contributed by atoms with Crippen molar-refractivity contribution in [3.05, 3.63) is 29.8 Å². The summed E-state index contributed by atoms with van der Waals surface area (Å²) in [5.74, 6) is -0.426.